The van der Waals surface area contributed by atoms with Crippen LogP contribution in [0.2, 0.25) is 0 Å². The number of nitrogens with zero attached hydrogens (tertiary/aromatic N) is 3. The SMILES string of the molecule is Cc1ccc2c(N=C=O)cnn2c1. The molecule has 0 aliphatic heterocycles. The van der Waals surface area contributed by atoms with Crippen LogP contribution in [-0.2, 0) is 4.79 Å². The lowest BCUT2D eigenvalue weighted by atomic mass is 10.3. The van der Waals surface area contributed by atoms with Gasteiger partial charge in [-0.3, -0.25) is 0 Å². The molecule has 0 amide bonds. The second-order valence-corrected chi connectivity index (χ2v) is 2.77. The molecule has 0 bridgehead atoms. The summed E-state index contributed by atoms with van der Waals surface area (Å²) in [5.41, 5.74) is 2.47. The van der Waals surface area contributed by atoms with E-state index in [0.29, 0.717) is 5.69 Å². The summed E-state index contributed by atoms with van der Waals surface area (Å²) in [5.74, 6) is 0. The van der Waals surface area contributed by atoms with Gasteiger partial charge < -0.3 is 0 Å². The Labute approximate surface area is 74.5 Å². The van der Waals surface area contributed by atoms with Gasteiger partial charge in [0.15, 0.2) is 0 Å². The molecule has 0 N–H and O–H groups in total. The number of hydrogen-bond acceptors (Lipinski definition) is 3. The summed E-state index contributed by atoms with van der Waals surface area (Å²) >= 11 is 0. The molecular weight excluding hydrogens is 166 g/mol. The summed E-state index contributed by atoms with van der Waals surface area (Å²) in [7, 11) is 0. The molecule has 0 unspecified atom stereocenters. The lowest BCUT2D eigenvalue weighted by molar-refractivity contribution is 0.565. The number of rotatable bonds is 1. The highest BCUT2D eigenvalue weighted by atomic mass is 16.1. The van der Waals surface area contributed by atoms with Crippen LogP contribution in [0.4, 0.5) is 5.69 Å². The van der Waals surface area contributed by atoms with Crippen LogP contribution >= 0.6 is 0 Å². The van der Waals surface area contributed by atoms with Gasteiger partial charge >= 0.3 is 0 Å². The number of aryl methyl sites for hydroxylation is 1. The van der Waals surface area contributed by atoms with Gasteiger partial charge in [-0.15, -0.1) is 0 Å². The zero-order chi connectivity index (χ0) is 9.26. The summed E-state index contributed by atoms with van der Waals surface area (Å²) in [6.07, 6.45) is 4.91. The topological polar surface area (TPSA) is 46.7 Å². The van der Waals surface area contributed by atoms with Crippen LogP contribution in [0.3, 0.4) is 0 Å². The Morgan fingerprint density at radius 1 is 1.54 bits per heavy atom. The zero-order valence-corrected chi connectivity index (χ0v) is 7.06. The molecule has 0 atom stereocenters. The van der Waals surface area contributed by atoms with E-state index in [0.717, 1.165) is 11.1 Å². The van der Waals surface area contributed by atoms with Gasteiger partial charge in [-0.2, -0.15) is 10.1 Å². The molecule has 0 aliphatic carbocycles. The van der Waals surface area contributed by atoms with Crippen molar-refractivity contribution in [2.75, 3.05) is 0 Å². The molecule has 64 valence electrons. The molecule has 0 saturated carbocycles. The monoisotopic (exact) mass is 173 g/mol. The van der Waals surface area contributed by atoms with Crippen molar-refractivity contribution in [3.8, 4) is 0 Å². The van der Waals surface area contributed by atoms with Gasteiger partial charge in [0.1, 0.15) is 5.69 Å². The van der Waals surface area contributed by atoms with E-state index in [1.165, 1.54) is 6.08 Å². The van der Waals surface area contributed by atoms with E-state index in [4.69, 9.17) is 0 Å². The minimum atomic E-state index is 0.551. The summed E-state index contributed by atoms with van der Waals surface area (Å²) in [6, 6.07) is 3.82. The van der Waals surface area contributed by atoms with Crippen molar-refractivity contribution in [2.45, 2.75) is 6.92 Å². The van der Waals surface area contributed by atoms with Crippen LogP contribution < -0.4 is 0 Å². The maximum absolute atomic E-state index is 10.1. The second kappa shape index (κ2) is 2.84. The Morgan fingerprint density at radius 3 is 3.15 bits per heavy atom. The molecule has 0 fully saturated rings. The maximum Gasteiger partial charge on any atom is 0.240 e. The van der Waals surface area contributed by atoms with Crippen molar-refractivity contribution in [1.82, 2.24) is 9.61 Å². The smallest absolute Gasteiger partial charge is 0.238 e. The minimum Gasteiger partial charge on any atom is -0.238 e. The predicted octanol–water partition coefficient (Wildman–Crippen LogP) is 1.61. The van der Waals surface area contributed by atoms with E-state index in [1.54, 1.807) is 10.7 Å². The highest BCUT2D eigenvalue weighted by Crippen LogP contribution is 2.18. The number of carbonyl (C=O) groups excluding carboxylic acids is 1. The first kappa shape index (κ1) is 7.71. The quantitative estimate of drug-likeness (QED) is 0.485. The van der Waals surface area contributed by atoms with Gasteiger partial charge in [0.25, 0.3) is 0 Å². The van der Waals surface area contributed by atoms with Crippen molar-refractivity contribution in [2.24, 2.45) is 4.99 Å². The Kier molecular flexibility index (Phi) is 1.69. The molecular formula is C9H7N3O. The van der Waals surface area contributed by atoms with Crippen molar-refractivity contribution in [1.29, 1.82) is 0 Å². The number of hydrogen-bond donors (Lipinski definition) is 0. The number of pyridine rings is 1. The van der Waals surface area contributed by atoms with Crippen molar-refractivity contribution < 1.29 is 4.79 Å². The third-order valence-corrected chi connectivity index (χ3v) is 1.81. The molecule has 0 aromatic carbocycles. The van der Waals surface area contributed by atoms with Gasteiger partial charge in [-0.25, -0.2) is 9.31 Å². The highest BCUT2D eigenvalue weighted by molar-refractivity contribution is 5.70. The van der Waals surface area contributed by atoms with E-state index in [-0.39, 0.29) is 0 Å². The summed E-state index contributed by atoms with van der Waals surface area (Å²) < 4.78 is 1.69. The van der Waals surface area contributed by atoms with Crippen molar-refractivity contribution >= 4 is 17.3 Å². The van der Waals surface area contributed by atoms with Crippen LogP contribution in [-0.4, -0.2) is 15.7 Å². The number of aromatic nitrogens is 2. The third kappa shape index (κ3) is 1.23. The summed E-state index contributed by atoms with van der Waals surface area (Å²) in [5, 5.41) is 4.04. The van der Waals surface area contributed by atoms with Crippen LogP contribution in [0.5, 0.6) is 0 Å². The number of isocyanates is 1. The molecule has 2 aromatic rings. The molecule has 2 rings (SSSR count). The second-order valence-electron chi connectivity index (χ2n) is 2.77. The van der Waals surface area contributed by atoms with Crippen LogP contribution in [0.25, 0.3) is 5.52 Å². The fourth-order valence-corrected chi connectivity index (χ4v) is 1.21. The van der Waals surface area contributed by atoms with Gasteiger partial charge in [0.05, 0.1) is 11.7 Å². The van der Waals surface area contributed by atoms with Crippen LogP contribution in [0, 0.1) is 6.92 Å². The molecule has 0 radical (unpaired) electrons. The van der Waals surface area contributed by atoms with Gasteiger partial charge in [0, 0.05) is 6.20 Å². The van der Waals surface area contributed by atoms with E-state index in [1.807, 2.05) is 25.3 Å². The molecule has 0 aliphatic rings. The zero-order valence-electron chi connectivity index (χ0n) is 7.06. The summed E-state index contributed by atoms with van der Waals surface area (Å²) in [6.45, 7) is 1.98. The third-order valence-electron chi connectivity index (χ3n) is 1.81. The molecule has 0 saturated heterocycles. The lowest BCUT2D eigenvalue weighted by Gasteiger charge is -1.94. The fourth-order valence-electron chi connectivity index (χ4n) is 1.21. The first-order valence-corrected chi connectivity index (χ1v) is 3.83. The summed E-state index contributed by atoms with van der Waals surface area (Å²) in [4.78, 5) is 13.6. The largest absolute Gasteiger partial charge is 0.240 e. The molecule has 4 heteroatoms. The lowest BCUT2D eigenvalue weighted by Crippen LogP contribution is -1.85. The van der Waals surface area contributed by atoms with E-state index in [9.17, 15) is 4.79 Å². The van der Waals surface area contributed by atoms with Gasteiger partial charge in [0.2, 0.25) is 6.08 Å². The fraction of sp³-hybridized carbons (Fsp3) is 0.111. The molecule has 4 nitrogen and oxygen atoms in total. The minimum absolute atomic E-state index is 0.551. The Balaban J connectivity index is 2.75. The highest BCUT2D eigenvalue weighted by Gasteiger charge is 2.01. The average Bonchev–Trinajstić information content (AvgIpc) is 2.49. The van der Waals surface area contributed by atoms with Crippen LogP contribution in [0.15, 0.2) is 29.5 Å². The van der Waals surface area contributed by atoms with E-state index >= 15 is 0 Å². The van der Waals surface area contributed by atoms with Crippen LogP contribution in [0.1, 0.15) is 5.56 Å². The number of fused-ring (bicyclic) bond motifs is 1. The van der Waals surface area contributed by atoms with Crippen molar-refractivity contribution in [3.63, 3.8) is 0 Å². The molecule has 2 heterocycles. The van der Waals surface area contributed by atoms with Gasteiger partial charge in [-0.1, -0.05) is 6.07 Å². The Morgan fingerprint density at radius 2 is 2.38 bits per heavy atom. The molecule has 2 aromatic heterocycles. The van der Waals surface area contributed by atoms with Gasteiger partial charge in [-0.05, 0) is 18.6 Å². The van der Waals surface area contributed by atoms with E-state index < -0.39 is 0 Å². The van der Waals surface area contributed by atoms with E-state index in [2.05, 4.69) is 10.1 Å². The predicted molar refractivity (Wildman–Crippen MR) is 47.7 cm³/mol. The standard InChI is InChI=1S/C9H7N3O/c1-7-2-3-9-8(10-6-13)4-11-12(9)5-7/h2-5H,1H3. The first-order valence-electron chi connectivity index (χ1n) is 3.83. The van der Waals surface area contributed by atoms with Crippen molar-refractivity contribution in [3.05, 3.63) is 30.1 Å². The molecule has 13 heavy (non-hydrogen) atoms. The first-order chi connectivity index (χ1) is 6.31. The Hall–Kier alpha value is -1.93. The maximum atomic E-state index is 10.1. The molecule has 0 spiro atoms. The normalized spacial score (nSPS) is 9.92. The number of aliphatic imine (C=N–C) groups is 1. The average molecular weight is 173 g/mol. The Bertz CT molecular complexity index is 495.